The molecule has 14 heteroatoms. The summed E-state index contributed by atoms with van der Waals surface area (Å²) in [6.45, 7) is -3.43. The lowest BCUT2D eigenvalue weighted by molar-refractivity contribution is -0.117. The van der Waals surface area contributed by atoms with Crippen LogP contribution in [0.1, 0.15) is 0 Å². The van der Waals surface area contributed by atoms with Crippen LogP contribution in [0.15, 0.2) is 15.0 Å². The molecule has 24 heavy (non-hydrogen) atoms. The summed E-state index contributed by atoms with van der Waals surface area (Å²) in [5, 5.41) is 10.6. The van der Waals surface area contributed by atoms with Gasteiger partial charge < -0.3 is 25.0 Å². The van der Waals surface area contributed by atoms with Gasteiger partial charge in [-0.05, 0) is 27.7 Å². The monoisotopic (exact) mass is 439 g/mol. The van der Waals surface area contributed by atoms with Crippen LogP contribution in [0.2, 0.25) is 0 Å². The van der Waals surface area contributed by atoms with Crippen molar-refractivity contribution in [3.8, 4) is 0 Å². The van der Waals surface area contributed by atoms with E-state index in [4.69, 9.17) is 31.3 Å². The van der Waals surface area contributed by atoms with Gasteiger partial charge in [0, 0.05) is 0 Å². The molecule has 6 atom stereocenters. The maximum absolute atomic E-state index is 11.9. The molecule has 0 saturated carbocycles. The first-order chi connectivity index (χ1) is 11.3. The van der Waals surface area contributed by atoms with E-state index in [1.54, 1.807) is 0 Å². The van der Waals surface area contributed by atoms with Crippen molar-refractivity contribution >= 4 is 56.9 Å². The smallest absolute Gasteiger partial charge is 0.325 e. The summed E-state index contributed by atoms with van der Waals surface area (Å²) in [5.74, 6) is -0.581. The molecule has 4 rings (SSSR count). The molecule has 2 fully saturated rings. The Morgan fingerprint density at radius 3 is 2.96 bits per heavy atom. The molecule has 4 aliphatic heterocycles. The number of hydrogen-bond donors (Lipinski definition) is 3. The van der Waals surface area contributed by atoms with Crippen LogP contribution >= 0.6 is 22.6 Å². The van der Waals surface area contributed by atoms with Gasteiger partial charge in [-0.3, -0.25) is 14.2 Å². The number of halogens is 1. The minimum absolute atomic E-state index is 0.0208. The van der Waals surface area contributed by atoms with E-state index in [9.17, 15) is 14.8 Å². The molecule has 0 aromatic rings. The second-order valence-corrected chi connectivity index (χ2v) is 8.84. The molecular weight excluding hydrogens is 429 g/mol. The number of amides is 1. The lowest BCUT2D eigenvalue weighted by Crippen LogP contribution is -2.50. The average Bonchev–Trinajstić information content (AvgIpc) is 2.96. The van der Waals surface area contributed by atoms with Crippen molar-refractivity contribution in [3.63, 3.8) is 0 Å². The molecule has 0 aliphatic carbocycles. The summed E-state index contributed by atoms with van der Waals surface area (Å²) in [7, 11) is 0. The van der Waals surface area contributed by atoms with E-state index in [2.05, 4.69) is 30.9 Å². The number of nitrogens with zero attached hydrogens (tertiary/aromatic N) is 4. The molecular formula is C10H11BrN5O6PS. The topological polar surface area (TPSA) is 152 Å². The van der Waals surface area contributed by atoms with E-state index in [-0.39, 0.29) is 23.1 Å². The summed E-state index contributed by atoms with van der Waals surface area (Å²) < 4.78 is 16.3. The molecule has 1 amide bonds. The van der Waals surface area contributed by atoms with Gasteiger partial charge in [0.1, 0.15) is 18.3 Å². The Balaban J connectivity index is 1.65. The summed E-state index contributed by atoms with van der Waals surface area (Å²) in [4.78, 5) is 34.8. The van der Waals surface area contributed by atoms with E-state index in [1.165, 1.54) is 4.90 Å². The number of aliphatic hydroxyl groups excluding tert-OH is 1. The number of carbonyl (C=O) groups excluding carboxylic acids is 1. The van der Waals surface area contributed by atoms with Gasteiger partial charge in [0.2, 0.25) is 5.96 Å². The van der Waals surface area contributed by atoms with Crippen molar-refractivity contribution in [2.45, 2.75) is 30.6 Å². The Bertz CT molecular complexity index is 760. The summed E-state index contributed by atoms with van der Waals surface area (Å²) in [6.07, 6.45) is -3.67. The van der Waals surface area contributed by atoms with Gasteiger partial charge >= 0.3 is 6.72 Å². The zero-order valence-electron chi connectivity index (χ0n) is 11.7. The molecule has 0 radical (unpaired) electrons. The third kappa shape index (κ3) is 2.56. The molecule has 4 heterocycles. The first-order valence-corrected chi connectivity index (χ1v) is 10.1. The number of fused-ring (bicyclic) bond motifs is 2. The number of aliphatic hydroxyl groups is 1. The minimum atomic E-state index is -3.41. The van der Waals surface area contributed by atoms with Crippen molar-refractivity contribution in [3.05, 3.63) is 0 Å². The highest BCUT2D eigenvalue weighted by atomic mass is 79.9. The van der Waals surface area contributed by atoms with Gasteiger partial charge in [0.25, 0.3) is 5.91 Å². The van der Waals surface area contributed by atoms with Crippen LogP contribution in [0.25, 0.3) is 0 Å². The fraction of sp³-hybridized carbons (Fsp3) is 0.600. The molecule has 0 bridgehead atoms. The molecule has 5 unspecified atom stereocenters. The van der Waals surface area contributed by atoms with Crippen LogP contribution in [0, 0.1) is 0 Å². The second kappa shape index (κ2) is 5.61. The Morgan fingerprint density at radius 2 is 2.21 bits per heavy atom. The first-order valence-electron chi connectivity index (χ1n) is 6.75. The van der Waals surface area contributed by atoms with Crippen LogP contribution in [-0.2, 0) is 30.4 Å². The van der Waals surface area contributed by atoms with E-state index >= 15 is 0 Å². The molecule has 130 valence electrons. The van der Waals surface area contributed by atoms with Crippen molar-refractivity contribution in [1.29, 1.82) is 0 Å². The average molecular weight is 440 g/mol. The normalized spacial score (nSPS) is 44.6. The molecule has 0 aromatic carbocycles. The molecule has 0 aromatic heterocycles. The lowest BCUT2D eigenvalue weighted by atomic mass is 10.1. The standard InChI is InChI=1S/C10H11BrN5O6PS/c11-9-13-3-6(14-10(12)15-7(3)18)16(9)8-4(17)5-2(21-8)1-20-23(19,24)22-5/h2-5,8,17H,1H2,(H,19,24)(H2,12,15,18)/t2?,3?,4?,5?,8-,23?/m1/s1. The number of nitrogens with two attached hydrogens (primary N) is 1. The highest BCUT2D eigenvalue weighted by Crippen LogP contribution is 2.52. The number of carbonyl (C=O) groups is 1. The molecule has 11 nitrogen and oxygen atoms in total. The Labute approximate surface area is 148 Å². The zero-order chi connectivity index (χ0) is 17.2. The van der Waals surface area contributed by atoms with Gasteiger partial charge in [0.05, 0.1) is 6.61 Å². The first kappa shape index (κ1) is 16.7. The SMILES string of the molecule is NC1=NC(=O)C2N=C(Br)N([C@@H]3OC4COP(O)(=S)OC4C3O)C2=N1. The largest absolute Gasteiger partial charge is 0.386 e. The molecule has 0 spiro atoms. The maximum Gasteiger partial charge on any atom is 0.325 e. The quantitative estimate of drug-likeness (QED) is 0.323. The van der Waals surface area contributed by atoms with Crippen LogP contribution in [0.5, 0.6) is 0 Å². The van der Waals surface area contributed by atoms with E-state index in [0.29, 0.717) is 0 Å². The third-order valence-electron chi connectivity index (χ3n) is 3.83. The predicted octanol–water partition coefficient (Wildman–Crippen LogP) is -1.61. The van der Waals surface area contributed by atoms with Crippen LogP contribution in [0.4, 0.5) is 0 Å². The van der Waals surface area contributed by atoms with Crippen LogP contribution < -0.4 is 5.73 Å². The molecule has 2 saturated heterocycles. The zero-order valence-corrected chi connectivity index (χ0v) is 15.0. The van der Waals surface area contributed by atoms with Gasteiger partial charge in [-0.15, -0.1) is 0 Å². The maximum atomic E-state index is 11.9. The molecule has 4 N–H and O–H groups in total. The lowest BCUT2D eigenvalue weighted by Gasteiger charge is -2.30. The van der Waals surface area contributed by atoms with Crippen molar-refractivity contribution in [1.82, 2.24) is 4.90 Å². The number of aliphatic imine (C=N–C) groups is 3. The number of guanidine groups is 1. The summed E-state index contributed by atoms with van der Waals surface area (Å²) in [5.41, 5.74) is 5.53. The number of rotatable bonds is 1. The fourth-order valence-corrected chi connectivity index (χ4v) is 4.87. The van der Waals surface area contributed by atoms with Crippen molar-refractivity contribution in [2.24, 2.45) is 20.7 Å². The minimum Gasteiger partial charge on any atom is -0.386 e. The van der Waals surface area contributed by atoms with E-state index < -0.39 is 43.2 Å². The third-order valence-corrected chi connectivity index (χ3v) is 5.98. The Morgan fingerprint density at radius 1 is 1.46 bits per heavy atom. The Hall–Kier alpha value is -0.790. The second-order valence-electron chi connectivity index (χ2n) is 5.34. The number of ether oxygens (including phenoxy) is 1. The van der Waals surface area contributed by atoms with E-state index in [0.717, 1.165) is 0 Å². The van der Waals surface area contributed by atoms with Crippen molar-refractivity contribution < 1.29 is 28.6 Å². The summed E-state index contributed by atoms with van der Waals surface area (Å²) >= 11 is 8.03. The van der Waals surface area contributed by atoms with Gasteiger partial charge in [-0.25, -0.2) is 4.99 Å². The van der Waals surface area contributed by atoms with Gasteiger partial charge in [-0.1, -0.05) is 0 Å². The highest BCUT2D eigenvalue weighted by Gasteiger charge is 2.55. The molecule has 4 aliphatic rings. The summed E-state index contributed by atoms with van der Waals surface area (Å²) in [6, 6.07) is -0.953. The Kier molecular flexibility index (Phi) is 3.89. The van der Waals surface area contributed by atoms with E-state index in [1.807, 2.05) is 0 Å². The number of amidine groups is 2. The van der Waals surface area contributed by atoms with Crippen molar-refractivity contribution in [2.75, 3.05) is 6.61 Å². The van der Waals surface area contributed by atoms with Gasteiger partial charge in [-0.2, -0.15) is 9.98 Å². The highest BCUT2D eigenvalue weighted by molar-refractivity contribution is 9.18. The number of hydrogen-bond acceptors (Lipinski definition) is 10. The van der Waals surface area contributed by atoms with Gasteiger partial charge in [0.15, 0.2) is 22.9 Å². The fourth-order valence-electron chi connectivity index (χ4n) is 2.83. The predicted molar refractivity (Wildman–Crippen MR) is 88.1 cm³/mol. The van der Waals surface area contributed by atoms with Crippen LogP contribution in [0.3, 0.4) is 0 Å². The van der Waals surface area contributed by atoms with Crippen LogP contribution in [-0.4, -0.2) is 74.5 Å².